The van der Waals surface area contributed by atoms with Crippen molar-refractivity contribution in [3.63, 3.8) is 0 Å². The lowest BCUT2D eigenvalue weighted by Gasteiger charge is -2.18. The summed E-state index contributed by atoms with van der Waals surface area (Å²) in [6.45, 7) is 3.37. The van der Waals surface area contributed by atoms with Gasteiger partial charge in [0.1, 0.15) is 0 Å². The SMILES string of the molecule is CC(NCC(O)COCc1cccs1)c1ccccc1Cl. The number of thiophene rings is 1. The second-order valence-electron chi connectivity index (χ2n) is 4.90. The molecule has 0 saturated carbocycles. The second-order valence-corrected chi connectivity index (χ2v) is 6.34. The first kappa shape index (κ1) is 16.5. The predicted molar refractivity (Wildman–Crippen MR) is 87.9 cm³/mol. The van der Waals surface area contributed by atoms with E-state index in [1.807, 2.05) is 48.7 Å². The Kier molecular flexibility index (Phi) is 6.67. The van der Waals surface area contributed by atoms with Crippen molar-refractivity contribution in [2.45, 2.75) is 25.7 Å². The summed E-state index contributed by atoms with van der Waals surface area (Å²) in [5.41, 5.74) is 1.03. The van der Waals surface area contributed by atoms with Gasteiger partial charge in [-0.2, -0.15) is 0 Å². The first-order valence-electron chi connectivity index (χ1n) is 6.93. The van der Waals surface area contributed by atoms with Crippen molar-refractivity contribution in [1.82, 2.24) is 5.32 Å². The Labute approximate surface area is 134 Å². The molecule has 0 aliphatic heterocycles. The highest BCUT2D eigenvalue weighted by molar-refractivity contribution is 7.09. The van der Waals surface area contributed by atoms with E-state index in [1.54, 1.807) is 11.3 Å². The third-order valence-corrected chi connectivity index (χ3v) is 4.36. The average Bonchev–Trinajstić information content (AvgIpc) is 2.98. The van der Waals surface area contributed by atoms with E-state index in [0.717, 1.165) is 10.6 Å². The zero-order valence-electron chi connectivity index (χ0n) is 12.0. The van der Waals surface area contributed by atoms with E-state index >= 15 is 0 Å². The van der Waals surface area contributed by atoms with Gasteiger partial charge in [0.2, 0.25) is 0 Å². The molecule has 2 rings (SSSR count). The molecule has 0 aliphatic carbocycles. The Morgan fingerprint density at radius 2 is 2.10 bits per heavy atom. The molecule has 1 aromatic carbocycles. The molecule has 114 valence electrons. The van der Waals surface area contributed by atoms with Gasteiger partial charge in [-0.1, -0.05) is 35.9 Å². The largest absolute Gasteiger partial charge is 0.389 e. The minimum Gasteiger partial charge on any atom is -0.389 e. The molecule has 2 atom stereocenters. The molecule has 0 aliphatic rings. The molecular weight excluding hydrogens is 306 g/mol. The molecule has 0 bridgehead atoms. The monoisotopic (exact) mass is 325 g/mol. The molecule has 0 saturated heterocycles. The van der Waals surface area contributed by atoms with Crippen molar-refractivity contribution in [2.75, 3.05) is 13.2 Å². The Morgan fingerprint density at radius 1 is 1.29 bits per heavy atom. The number of halogens is 1. The number of aliphatic hydroxyl groups is 1. The van der Waals surface area contributed by atoms with E-state index in [9.17, 15) is 5.11 Å². The summed E-state index contributed by atoms with van der Waals surface area (Å²) < 4.78 is 5.50. The van der Waals surface area contributed by atoms with Gasteiger partial charge >= 0.3 is 0 Å². The molecule has 0 spiro atoms. The van der Waals surface area contributed by atoms with Gasteiger partial charge in [0.25, 0.3) is 0 Å². The van der Waals surface area contributed by atoms with Gasteiger partial charge in [-0.3, -0.25) is 0 Å². The third kappa shape index (κ3) is 5.41. The first-order chi connectivity index (χ1) is 10.2. The number of nitrogens with one attached hydrogen (secondary N) is 1. The third-order valence-electron chi connectivity index (χ3n) is 3.17. The van der Waals surface area contributed by atoms with Crippen LogP contribution in [0.1, 0.15) is 23.4 Å². The van der Waals surface area contributed by atoms with Crippen molar-refractivity contribution in [3.8, 4) is 0 Å². The summed E-state index contributed by atoms with van der Waals surface area (Å²) in [5, 5.41) is 15.9. The molecule has 2 aromatic rings. The van der Waals surface area contributed by atoms with Crippen molar-refractivity contribution < 1.29 is 9.84 Å². The van der Waals surface area contributed by atoms with Crippen LogP contribution in [0, 0.1) is 0 Å². The van der Waals surface area contributed by atoms with Crippen molar-refractivity contribution in [1.29, 1.82) is 0 Å². The first-order valence-corrected chi connectivity index (χ1v) is 8.18. The van der Waals surface area contributed by atoms with Gasteiger partial charge in [-0.05, 0) is 30.0 Å². The van der Waals surface area contributed by atoms with Crippen LogP contribution in [0.25, 0.3) is 0 Å². The molecule has 2 N–H and O–H groups in total. The van der Waals surface area contributed by atoms with Crippen LogP contribution in [0.5, 0.6) is 0 Å². The smallest absolute Gasteiger partial charge is 0.0898 e. The fraction of sp³-hybridized carbons (Fsp3) is 0.375. The topological polar surface area (TPSA) is 41.5 Å². The van der Waals surface area contributed by atoms with Crippen LogP contribution in [0.2, 0.25) is 5.02 Å². The molecular formula is C16H20ClNO2S. The fourth-order valence-electron chi connectivity index (χ4n) is 2.00. The number of rotatable bonds is 8. The molecule has 1 heterocycles. The summed E-state index contributed by atoms with van der Waals surface area (Å²) >= 11 is 7.80. The van der Waals surface area contributed by atoms with E-state index in [-0.39, 0.29) is 6.04 Å². The number of benzene rings is 1. The Bertz CT molecular complexity index is 533. The molecule has 0 fully saturated rings. The van der Waals surface area contributed by atoms with E-state index in [1.165, 1.54) is 4.88 Å². The van der Waals surface area contributed by atoms with Crippen LogP contribution in [0.15, 0.2) is 41.8 Å². The highest BCUT2D eigenvalue weighted by atomic mass is 35.5. The van der Waals surface area contributed by atoms with Crippen LogP contribution in [-0.2, 0) is 11.3 Å². The average molecular weight is 326 g/mol. The van der Waals surface area contributed by atoms with E-state index in [4.69, 9.17) is 16.3 Å². The lowest BCUT2D eigenvalue weighted by Crippen LogP contribution is -2.32. The summed E-state index contributed by atoms with van der Waals surface area (Å²) in [6.07, 6.45) is -0.533. The van der Waals surface area contributed by atoms with E-state index < -0.39 is 6.10 Å². The van der Waals surface area contributed by atoms with Crippen molar-refractivity contribution >= 4 is 22.9 Å². The van der Waals surface area contributed by atoms with Crippen LogP contribution < -0.4 is 5.32 Å². The van der Waals surface area contributed by atoms with Gasteiger partial charge in [-0.15, -0.1) is 11.3 Å². The highest BCUT2D eigenvalue weighted by Gasteiger charge is 2.11. The van der Waals surface area contributed by atoms with Gasteiger partial charge in [0.15, 0.2) is 0 Å². The maximum Gasteiger partial charge on any atom is 0.0898 e. The van der Waals surface area contributed by atoms with Crippen molar-refractivity contribution in [3.05, 3.63) is 57.2 Å². The maximum atomic E-state index is 9.93. The summed E-state index contributed by atoms with van der Waals surface area (Å²) in [4.78, 5) is 1.17. The molecule has 5 heteroatoms. The minimum absolute atomic E-state index is 0.0886. The van der Waals surface area contributed by atoms with Gasteiger partial charge in [0.05, 0.1) is 19.3 Å². The van der Waals surface area contributed by atoms with Crippen LogP contribution in [-0.4, -0.2) is 24.4 Å². The van der Waals surface area contributed by atoms with Gasteiger partial charge in [-0.25, -0.2) is 0 Å². The lowest BCUT2D eigenvalue weighted by atomic mass is 10.1. The summed E-state index contributed by atoms with van der Waals surface area (Å²) in [7, 11) is 0. The number of hydrogen-bond acceptors (Lipinski definition) is 4. The summed E-state index contributed by atoms with van der Waals surface area (Å²) in [6, 6.07) is 11.8. The zero-order valence-corrected chi connectivity index (χ0v) is 13.5. The van der Waals surface area contributed by atoms with Crippen LogP contribution >= 0.6 is 22.9 Å². The normalized spacial score (nSPS) is 14.0. The quantitative estimate of drug-likeness (QED) is 0.778. The van der Waals surface area contributed by atoms with Gasteiger partial charge in [0, 0.05) is 22.5 Å². The molecule has 21 heavy (non-hydrogen) atoms. The highest BCUT2D eigenvalue weighted by Crippen LogP contribution is 2.21. The fourth-order valence-corrected chi connectivity index (χ4v) is 2.94. The molecule has 1 aromatic heterocycles. The molecule has 0 radical (unpaired) electrons. The Balaban J connectivity index is 1.68. The zero-order chi connectivity index (χ0) is 15.1. The standard InChI is InChI=1S/C16H20ClNO2S/c1-12(15-6-2-3-7-16(15)17)18-9-13(19)10-20-11-14-5-4-8-21-14/h2-8,12-13,18-19H,9-11H2,1H3. The predicted octanol–water partition coefficient (Wildman–Crippen LogP) is 3.63. The molecule has 0 amide bonds. The van der Waals surface area contributed by atoms with Crippen LogP contribution in [0.3, 0.4) is 0 Å². The van der Waals surface area contributed by atoms with E-state index in [2.05, 4.69) is 5.32 Å². The van der Waals surface area contributed by atoms with Crippen LogP contribution in [0.4, 0.5) is 0 Å². The number of hydrogen-bond donors (Lipinski definition) is 2. The van der Waals surface area contributed by atoms with Gasteiger partial charge < -0.3 is 15.2 Å². The molecule has 2 unspecified atom stereocenters. The Hall–Kier alpha value is -0.910. The number of ether oxygens (including phenoxy) is 1. The maximum absolute atomic E-state index is 9.93. The summed E-state index contributed by atoms with van der Waals surface area (Å²) in [5.74, 6) is 0. The minimum atomic E-state index is -0.533. The number of aliphatic hydroxyl groups excluding tert-OH is 1. The van der Waals surface area contributed by atoms with Crippen molar-refractivity contribution in [2.24, 2.45) is 0 Å². The lowest BCUT2D eigenvalue weighted by molar-refractivity contribution is 0.0288. The second kappa shape index (κ2) is 8.51. The molecule has 3 nitrogen and oxygen atoms in total. The Morgan fingerprint density at radius 3 is 2.81 bits per heavy atom. The van der Waals surface area contributed by atoms with E-state index in [0.29, 0.717) is 19.8 Å².